The highest BCUT2D eigenvalue weighted by molar-refractivity contribution is 7.99. The van der Waals surface area contributed by atoms with Gasteiger partial charge in [-0.2, -0.15) is 0 Å². The van der Waals surface area contributed by atoms with Crippen LogP contribution in [-0.2, 0) is 0 Å². The Morgan fingerprint density at radius 3 is 2.52 bits per heavy atom. The fourth-order valence-corrected chi connectivity index (χ4v) is 2.97. The number of hydrogen-bond donors (Lipinski definition) is 0. The van der Waals surface area contributed by atoms with Crippen molar-refractivity contribution < 1.29 is 9.59 Å². The summed E-state index contributed by atoms with van der Waals surface area (Å²) in [6, 6.07) is 12.5. The van der Waals surface area contributed by atoms with Crippen LogP contribution >= 0.6 is 23.4 Å². The summed E-state index contributed by atoms with van der Waals surface area (Å²) in [5, 5.41) is 0.508. The van der Waals surface area contributed by atoms with Gasteiger partial charge in [-0.15, -0.1) is 0 Å². The van der Waals surface area contributed by atoms with Gasteiger partial charge in [0.15, 0.2) is 6.29 Å². The SMILES string of the molecule is CN(C)C(=O)c1cc(Cl)ccc1Sc1ccccc1C=O. The van der Waals surface area contributed by atoms with E-state index in [0.29, 0.717) is 16.1 Å². The van der Waals surface area contributed by atoms with Crippen molar-refractivity contribution in [2.45, 2.75) is 9.79 Å². The standard InChI is InChI=1S/C16H14ClNO2S/c1-18(2)16(20)13-9-12(17)7-8-15(13)21-14-6-4-3-5-11(14)10-19/h3-10H,1-2H3. The van der Waals surface area contributed by atoms with E-state index in [4.69, 9.17) is 11.6 Å². The first-order chi connectivity index (χ1) is 10.0. The first-order valence-corrected chi connectivity index (χ1v) is 7.45. The summed E-state index contributed by atoms with van der Waals surface area (Å²) >= 11 is 7.37. The quantitative estimate of drug-likeness (QED) is 0.799. The van der Waals surface area contributed by atoms with E-state index in [1.807, 2.05) is 18.2 Å². The molecule has 0 aliphatic rings. The van der Waals surface area contributed by atoms with Gasteiger partial charge >= 0.3 is 0 Å². The lowest BCUT2D eigenvalue weighted by atomic mass is 10.2. The van der Waals surface area contributed by atoms with Crippen molar-refractivity contribution in [1.82, 2.24) is 4.90 Å². The molecular formula is C16H14ClNO2S. The van der Waals surface area contributed by atoms with Gasteiger partial charge in [0.1, 0.15) is 0 Å². The Balaban J connectivity index is 2.44. The van der Waals surface area contributed by atoms with Crippen LogP contribution in [0.1, 0.15) is 20.7 Å². The van der Waals surface area contributed by atoms with Gasteiger partial charge in [-0.3, -0.25) is 9.59 Å². The maximum Gasteiger partial charge on any atom is 0.254 e. The minimum Gasteiger partial charge on any atom is -0.345 e. The maximum absolute atomic E-state index is 12.2. The lowest BCUT2D eigenvalue weighted by molar-refractivity contribution is 0.0824. The molecule has 2 aromatic rings. The van der Waals surface area contributed by atoms with Crippen LogP contribution in [0.4, 0.5) is 0 Å². The summed E-state index contributed by atoms with van der Waals surface area (Å²) in [5.74, 6) is -0.122. The highest BCUT2D eigenvalue weighted by atomic mass is 35.5. The van der Waals surface area contributed by atoms with Crippen LogP contribution in [0.15, 0.2) is 52.3 Å². The van der Waals surface area contributed by atoms with Crippen molar-refractivity contribution >= 4 is 35.6 Å². The lowest BCUT2D eigenvalue weighted by Crippen LogP contribution is -2.22. The third kappa shape index (κ3) is 3.65. The van der Waals surface area contributed by atoms with Crippen LogP contribution in [0.25, 0.3) is 0 Å². The highest BCUT2D eigenvalue weighted by Crippen LogP contribution is 2.34. The van der Waals surface area contributed by atoms with Crippen molar-refractivity contribution in [2.24, 2.45) is 0 Å². The van der Waals surface area contributed by atoms with Gasteiger partial charge in [0.2, 0.25) is 0 Å². The molecule has 0 unspecified atom stereocenters. The van der Waals surface area contributed by atoms with Gasteiger partial charge in [-0.05, 0) is 24.3 Å². The second kappa shape index (κ2) is 6.78. The van der Waals surface area contributed by atoms with Crippen LogP contribution in [0.3, 0.4) is 0 Å². The first kappa shape index (κ1) is 15.6. The summed E-state index contributed by atoms with van der Waals surface area (Å²) in [6.45, 7) is 0. The number of benzene rings is 2. The Bertz CT molecular complexity index is 686. The second-order valence-corrected chi connectivity index (χ2v) is 6.12. The minimum absolute atomic E-state index is 0.122. The summed E-state index contributed by atoms with van der Waals surface area (Å²) in [7, 11) is 3.38. The van der Waals surface area contributed by atoms with E-state index in [1.165, 1.54) is 16.7 Å². The molecule has 0 fully saturated rings. The molecule has 0 aliphatic carbocycles. The van der Waals surface area contributed by atoms with Crippen LogP contribution in [0, 0.1) is 0 Å². The number of carbonyl (C=O) groups is 2. The van der Waals surface area contributed by atoms with Gasteiger partial charge in [-0.25, -0.2) is 0 Å². The molecule has 0 N–H and O–H groups in total. The molecule has 21 heavy (non-hydrogen) atoms. The van der Waals surface area contributed by atoms with Gasteiger partial charge in [0, 0.05) is 34.5 Å². The molecule has 0 atom stereocenters. The summed E-state index contributed by atoms with van der Waals surface area (Å²) in [6.07, 6.45) is 0.811. The van der Waals surface area contributed by atoms with Gasteiger partial charge in [-0.1, -0.05) is 41.6 Å². The molecule has 0 radical (unpaired) electrons. The smallest absolute Gasteiger partial charge is 0.254 e. The van der Waals surface area contributed by atoms with Gasteiger partial charge in [0.05, 0.1) is 5.56 Å². The average Bonchev–Trinajstić information content (AvgIpc) is 2.48. The molecule has 2 rings (SSSR count). The number of carbonyl (C=O) groups excluding carboxylic acids is 2. The predicted molar refractivity (Wildman–Crippen MR) is 85.4 cm³/mol. The molecule has 5 heteroatoms. The third-order valence-corrected chi connectivity index (χ3v) is 4.25. The Labute approximate surface area is 132 Å². The molecule has 3 nitrogen and oxygen atoms in total. The second-order valence-electron chi connectivity index (χ2n) is 4.60. The topological polar surface area (TPSA) is 37.4 Å². The van der Waals surface area contributed by atoms with E-state index >= 15 is 0 Å². The molecular weight excluding hydrogens is 306 g/mol. The predicted octanol–water partition coefficient (Wildman–Crippen LogP) is 4.01. The third-order valence-electron chi connectivity index (χ3n) is 2.84. The molecule has 1 amide bonds. The number of hydrogen-bond acceptors (Lipinski definition) is 3. The highest BCUT2D eigenvalue weighted by Gasteiger charge is 2.16. The zero-order chi connectivity index (χ0) is 15.4. The molecule has 0 spiro atoms. The Morgan fingerprint density at radius 1 is 1.14 bits per heavy atom. The fourth-order valence-electron chi connectivity index (χ4n) is 1.79. The van der Waals surface area contributed by atoms with E-state index in [0.717, 1.165) is 16.1 Å². The number of aldehydes is 1. The Kier molecular flexibility index (Phi) is 5.04. The Morgan fingerprint density at radius 2 is 1.86 bits per heavy atom. The zero-order valence-corrected chi connectivity index (χ0v) is 13.2. The van der Waals surface area contributed by atoms with Crippen molar-refractivity contribution in [3.8, 4) is 0 Å². The number of amides is 1. The van der Waals surface area contributed by atoms with E-state index in [-0.39, 0.29) is 5.91 Å². The van der Waals surface area contributed by atoms with Crippen LogP contribution in [-0.4, -0.2) is 31.2 Å². The monoisotopic (exact) mass is 319 g/mol. The van der Waals surface area contributed by atoms with Gasteiger partial charge in [0.25, 0.3) is 5.91 Å². The normalized spacial score (nSPS) is 10.2. The lowest BCUT2D eigenvalue weighted by Gasteiger charge is -2.14. The average molecular weight is 320 g/mol. The molecule has 0 saturated carbocycles. The molecule has 108 valence electrons. The van der Waals surface area contributed by atoms with Crippen molar-refractivity contribution in [1.29, 1.82) is 0 Å². The van der Waals surface area contributed by atoms with E-state index in [2.05, 4.69) is 0 Å². The maximum atomic E-state index is 12.2. The van der Waals surface area contributed by atoms with Crippen LogP contribution in [0.2, 0.25) is 5.02 Å². The summed E-state index contributed by atoms with van der Waals surface area (Å²) in [5.41, 5.74) is 1.12. The zero-order valence-electron chi connectivity index (χ0n) is 11.7. The van der Waals surface area contributed by atoms with E-state index in [1.54, 1.807) is 38.4 Å². The number of nitrogens with zero attached hydrogens (tertiary/aromatic N) is 1. The largest absolute Gasteiger partial charge is 0.345 e. The molecule has 0 heterocycles. The fraction of sp³-hybridized carbons (Fsp3) is 0.125. The molecule has 2 aromatic carbocycles. The first-order valence-electron chi connectivity index (χ1n) is 6.26. The van der Waals surface area contributed by atoms with Crippen molar-refractivity contribution in [2.75, 3.05) is 14.1 Å². The van der Waals surface area contributed by atoms with Gasteiger partial charge < -0.3 is 4.90 Å². The van der Waals surface area contributed by atoms with E-state index in [9.17, 15) is 9.59 Å². The number of halogens is 1. The van der Waals surface area contributed by atoms with Crippen LogP contribution < -0.4 is 0 Å². The van der Waals surface area contributed by atoms with Crippen LogP contribution in [0.5, 0.6) is 0 Å². The summed E-state index contributed by atoms with van der Waals surface area (Å²) < 4.78 is 0. The molecule has 0 aliphatic heterocycles. The molecule has 0 aromatic heterocycles. The minimum atomic E-state index is -0.122. The van der Waals surface area contributed by atoms with E-state index < -0.39 is 0 Å². The van der Waals surface area contributed by atoms with Crippen molar-refractivity contribution in [3.05, 3.63) is 58.6 Å². The molecule has 0 saturated heterocycles. The summed E-state index contributed by atoms with van der Waals surface area (Å²) in [4.78, 5) is 26.4. The van der Waals surface area contributed by atoms with Crippen molar-refractivity contribution in [3.63, 3.8) is 0 Å². The number of rotatable bonds is 4. The molecule has 0 bridgehead atoms. The Hall–Kier alpha value is -1.78.